The van der Waals surface area contributed by atoms with Gasteiger partial charge in [-0.15, -0.1) is 0 Å². The first-order valence-electron chi connectivity index (χ1n) is 9.85. The average molecular weight is 418 g/mol. The Morgan fingerprint density at radius 3 is 2.48 bits per heavy atom. The lowest BCUT2D eigenvalue weighted by Gasteiger charge is -2.31. The maximum Gasteiger partial charge on any atom is 0.331 e. The van der Waals surface area contributed by atoms with Crippen LogP contribution in [0.1, 0.15) is 17.3 Å². The first kappa shape index (κ1) is 19.0. The van der Waals surface area contributed by atoms with Crippen LogP contribution in [0.3, 0.4) is 0 Å². The molecule has 8 heteroatoms. The van der Waals surface area contributed by atoms with E-state index in [1.165, 1.54) is 11.6 Å². The second kappa shape index (κ2) is 6.80. The highest BCUT2D eigenvalue weighted by molar-refractivity contribution is 5.86. The molecule has 1 aliphatic rings. The molecular formula is C23H22N4O4. The second-order valence-electron chi connectivity index (χ2n) is 7.55. The number of para-hydroxylation sites is 2. The molecule has 2 aromatic carbocycles. The van der Waals surface area contributed by atoms with Gasteiger partial charge in [0, 0.05) is 31.9 Å². The van der Waals surface area contributed by atoms with E-state index in [0.29, 0.717) is 22.4 Å². The van der Waals surface area contributed by atoms with Crippen LogP contribution in [0.2, 0.25) is 0 Å². The molecule has 0 radical (unpaired) electrons. The molecule has 0 unspecified atom stereocenters. The molecule has 158 valence electrons. The largest absolute Gasteiger partial charge is 0.497 e. The van der Waals surface area contributed by atoms with E-state index in [4.69, 9.17) is 9.47 Å². The molecule has 0 saturated carbocycles. The second-order valence-corrected chi connectivity index (χ2v) is 7.55. The maximum atomic E-state index is 13.0. The molecule has 4 aromatic rings. The predicted octanol–water partition coefficient (Wildman–Crippen LogP) is 2.56. The van der Waals surface area contributed by atoms with Crippen molar-refractivity contribution in [1.29, 1.82) is 0 Å². The van der Waals surface area contributed by atoms with Gasteiger partial charge in [0.15, 0.2) is 0 Å². The van der Waals surface area contributed by atoms with Crippen molar-refractivity contribution >= 4 is 16.6 Å². The number of fused-ring (bicyclic) bond motifs is 5. The molecular weight excluding hydrogens is 396 g/mol. The highest BCUT2D eigenvalue weighted by atomic mass is 16.5. The number of ether oxygens (including phenoxy) is 2. The number of nitrogens with zero attached hydrogens (tertiary/aromatic N) is 3. The Labute approximate surface area is 177 Å². The Bertz CT molecular complexity index is 1460. The monoisotopic (exact) mass is 418 g/mol. The van der Waals surface area contributed by atoms with Crippen molar-refractivity contribution < 1.29 is 9.47 Å². The number of nitrogens with one attached hydrogen (secondary N) is 1. The van der Waals surface area contributed by atoms with Crippen molar-refractivity contribution in [3.63, 3.8) is 0 Å². The molecule has 0 saturated heterocycles. The summed E-state index contributed by atoms with van der Waals surface area (Å²) in [7, 11) is 6.40. The van der Waals surface area contributed by atoms with Crippen LogP contribution in [0.15, 0.2) is 58.3 Å². The molecule has 0 fully saturated rings. The molecule has 1 aliphatic heterocycles. The van der Waals surface area contributed by atoms with E-state index < -0.39 is 0 Å². The van der Waals surface area contributed by atoms with Crippen LogP contribution < -0.4 is 26.0 Å². The minimum atomic E-state index is -0.370. The van der Waals surface area contributed by atoms with Crippen molar-refractivity contribution in [2.45, 2.75) is 6.04 Å². The van der Waals surface area contributed by atoms with Crippen molar-refractivity contribution in [3.05, 3.63) is 80.8 Å². The molecule has 1 atom stereocenters. The van der Waals surface area contributed by atoms with Gasteiger partial charge in [0.2, 0.25) is 0 Å². The molecule has 1 N–H and O–H groups in total. The van der Waals surface area contributed by atoms with Gasteiger partial charge in [0.25, 0.3) is 5.56 Å². The van der Waals surface area contributed by atoms with Crippen LogP contribution in [0.4, 0.5) is 5.69 Å². The highest BCUT2D eigenvalue weighted by Gasteiger charge is 2.32. The molecule has 5 rings (SSSR count). The number of benzene rings is 2. The van der Waals surface area contributed by atoms with E-state index in [0.717, 1.165) is 27.2 Å². The van der Waals surface area contributed by atoms with E-state index in [-0.39, 0.29) is 17.3 Å². The van der Waals surface area contributed by atoms with Crippen molar-refractivity contribution in [2.24, 2.45) is 14.1 Å². The van der Waals surface area contributed by atoms with Crippen LogP contribution in [-0.2, 0) is 14.1 Å². The summed E-state index contributed by atoms with van der Waals surface area (Å²) in [5.41, 5.74) is 3.40. The van der Waals surface area contributed by atoms with E-state index in [1.54, 1.807) is 21.3 Å². The van der Waals surface area contributed by atoms with Gasteiger partial charge in [-0.1, -0.05) is 12.1 Å². The van der Waals surface area contributed by atoms with Crippen LogP contribution in [0, 0.1) is 0 Å². The minimum absolute atomic E-state index is 0.321. The van der Waals surface area contributed by atoms with Crippen LogP contribution >= 0.6 is 0 Å². The summed E-state index contributed by atoms with van der Waals surface area (Å²) in [5.74, 6) is 1.32. The van der Waals surface area contributed by atoms with Gasteiger partial charge in [-0.3, -0.25) is 13.9 Å². The lowest BCUT2D eigenvalue weighted by atomic mass is 9.98. The SMILES string of the molecule is COc1ccc([C@H]2Nc3ccccc3-n3cc4c(=O)n(C)c(=O)n(C)c4c32)c(OC)c1. The summed E-state index contributed by atoms with van der Waals surface area (Å²) < 4.78 is 15.7. The standard InChI is InChI=1S/C23H22N4O4/c1-25-20-15(22(28)26(2)23(25)29)12-27-17-8-6-5-7-16(17)24-19(21(20)27)14-10-9-13(30-3)11-18(14)31-4/h5-12,19,24H,1-4H3/t19-/m1/s1. The van der Waals surface area contributed by atoms with Gasteiger partial charge in [0.1, 0.15) is 11.5 Å². The summed E-state index contributed by atoms with van der Waals surface area (Å²) >= 11 is 0. The van der Waals surface area contributed by atoms with E-state index in [1.807, 2.05) is 53.2 Å². The summed E-state index contributed by atoms with van der Waals surface area (Å²) in [6, 6.07) is 13.1. The summed E-state index contributed by atoms with van der Waals surface area (Å²) in [6.07, 6.45) is 1.81. The molecule has 0 bridgehead atoms. The smallest absolute Gasteiger partial charge is 0.331 e. The van der Waals surface area contributed by atoms with Gasteiger partial charge < -0.3 is 19.4 Å². The van der Waals surface area contributed by atoms with Crippen LogP contribution in [0.25, 0.3) is 16.6 Å². The predicted molar refractivity (Wildman–Crippen MR) is 119 cm³/mol. The number of rotatable bonds is 3. The van der Waals surface area contributed by atoms with Gasteiger partial charge in [-0.05, 0) is 24.3 Å². The van der Waals surface area contributed by atoms with Crippen molar-refractivity contribution in [2.75, 3.05) is 19.5 Å². The maximum absolute atomic E-state index is 13.0. The molecule has 2 aromatic heterocycles. The third kappa shape index (κ3) is 2.61. The first-order valence-corrected chi connectivity index (χ1v) is 9.85. The van der Waals surface area contributed by atoms with Crippen molar-refractivity contribution in [1.82, 2.24) is 13.7 Å². The first-order chi connectivity index (χ1) is 15.0. The van der Waals surface area contributed by atoms with E-state index in [2.05, 4.69) is 5.32 Å². The fraction of sp³-hybridized carbons (Fsp3) is 0.217. The third-order valence-electron chi connectivity index (χ3n) is 5.95. The van der Waals surface area contributed by atoms with E-state index >= 15 is 0 Å². The number of aryl methyl sites for hydroxylation is 1. The van der Waals surface area contributed by atoms with Crippen LogP contribution in [0.5, 0.6) is 11.5 Å². The van der Waals surface area contributed by atoms with Crippen molar-refractivity contribution in [3.8, 4) is 17.2 Å². The van der Waals surface area contributed by atoms with Crippen LogP contribution in [-0.4, -0.2) is 27.9 Å². The number of hydrogen-bond acceptors (Lipinski definition) is 5. The molecule has 0 amide bonds. The molecule has 8 nitrogen and oxygen atoms in total. The zero-order valence-corrected chi connectivity index (χ0v) is 17.7. The lowest BCUT2D eigenvalue weighted by molar-refractivity contribution is 0.390. The fourth-order valence-electron chi connectivity index (χ4n) is 4.40. The lowest BCUT2D eigenvalue weighted by Crippen LogP contribution is -2.37. The zero-order valence-electron chi connectivity index (χ0n) is 17.7. The summed E-state index contributed by atoms with van der Waals surface area (Å²) in [4.78, 5) is 25.7. The normalized spacial score (nSPS) is 14.6. The zero-order chi connectivity index (χ0) is 21.9. The number of aromatic nitrogens is 3. The molecule has 3 heterocycles. The fourth-order valence-corrected chi connectivity index (χ4v) is 4.40. The van der Waals surface area contributed by atoms with Gasteiger partial charge in [-0.2, -0.15) is 0 Å². The summed E-state index contributed by atoms with van der Waals surface area (Å²) in [5, 5.41) is 4.06. The Kier molecular flexibility index (Phi) is 4.18. The number of hydrogen-bond donors (Lipinski definition) is 1. The third-order valence-corrected chi connectivity index (χ3v) is 5.95. The number of anilines is 1. The van der Waals surface area contributed by atoms with E-state index in [9.17, 15) is 9.59 Å². The minimum Gasteiger partial charge on any atom is -0.497 e. The Morgan fingerprint density at radius 1 is 0.968 bits per heavy atom. The Balaban J connectivity index is 1.90. The molecule has 0 aliphatic carbocycles. The Morgan fingerprint density at radius 2 is 1.74 bits per heavy atom. The number of methoxy groups -OCH3 is 2. The molecule has 0 spiro atoms. The average Bonchev–Trinajstić information content (AvgIpc) is 3.21. The van der Waals surface area contributed by atoms with Gasteiger partial charge in [0.05, 0.1) is 48.2 Å². The summed E-state index contributed by atoms with van der Waals surface area (Å²) in [6.45, 7) is 0. The topological polar surface area (TPSA) is 79.4 Å². The molecule has 31 heavy (non-hydrogen) atoms. The quantitative estimate of drug-likeness (QED) is 0.553. The highest BCUT2D eigenvalue weighted by Crippen LogP contribution is 2.43. The van der Waals surface area contributed by atoms with Gasteiger partial charge in [-0.25, -0.2) is 4.79 Å². The Hall–Kier alpha value is -3.94. The van der Waals surface area contributed by atoms with Gasteiger partial charge >= 0.3 is 5.69 Å².